The van der Waals surface area contributed by atoms with Gasteiger partial charge < -0.3 is 15.3 Å². The third-order valence-electron chi connectivity index (χ3n) is 6.16. The van der Waals surface area contributed by atoms with Gasteiger partial charge in [0.25, 0.3) is 0 Å². The molecule has 0 amide bonds. The number of rotatable bonds is 7. The van der Waals surface area contributed by atoms with E-state index >= 15 is 0 Å². The third-order valence-corrected chi connectivity index (χ3v) is 6.16. The molecule has 4 nitrogen and oxygen atoms in total. The summed E-state index contributed by atoms with van der Waals surface area (Å²) in [6, 6.07) is 1.32. The summed E-state index contributed by atoms with van der Waals surface area (Å²) in [6.45, 7) is 6.96. The van der Waals surface area contributed by atoms with Crippen molar-refractivity contribution < 1.29 is 9.90 Å². The van der Waals surface area contributed by atoms with Gasteiger partial charge in [0.15, 0.2) is 0 Å². The number of hydrogen-bond donors (Lipinski definition) is 2. The van der Waals surface area contributed by atoms with Crippen LogP contribution in [0.1, 0.15) is 71.6 Å². The first kappa shape index (κ1) is 17.7. The normalized spacial score (nSPS) is 22.8. The number of carboxylic acid groups (broad SMARTS) is 1. The zero-order chi connectivity index (χ0) is 16.0. The van der Waals surface area contributed by atoms with Crippen molar-refractivity contribution in [3.8, 4) is 0 Å². The number of hydrogen-bond acceptors (Lipinski definition) is 3. The highest BCUT2D eigenvalue weighted by Gasteiger charge is 2.35. The van der Waals surface area contributed by atoms with Gasteiger partial charge in [-0.3, -0.25) is 4.79 Å². The van der Waals surface area contributed by atoms with Gasteiger partial charge in [0, 0.05) is 18.6 Å². The quantitative estimate of drug-likeness (QED) is 0.758. The summed E-state index contributed by atoms with van der Waals surface area (Å²) in [7, 11) is 0. The molecule has 1 saturated heterocycles. The van der Waals surface area contributed by atoms with Gasteiger partial charge in [0.2, 0.25) is 0 Å². The Morgan fingerprint density at radius 3 is 2.18 bits per heavy atom. The van der Waals surface area contributed by atoms with Crippen molar-refractivity contribution in [2.75, 3.05) is 19.6 Å². The van der Waals surface area contributed by atoms with Gasteiger partial charge in [0.1, 0.15) is 0 Å². The van der Waals surface area contributed by atoms with Gasteiger partial charge in [-0.15, -0.1) is 0 Å². The fraction of sp³-hybridized carbons (Fsp3) is 0.944. The van der Waals surface area contributed by atoms with Gasteiger partial charge in [-0.25, -0.2) is 0 Å². The molecular formula is C18H34N2O2. The van der Waals surface area contributed by atoms with Crippen LogP contribution >= 0.6 is 0 Å². The molecule has 2 aliphatic rings. The van der Waals surface area contributed by atoms with Crippen LogP contribution in [0, 0.1) is 5.41 Å². The molecule has 0 spiro atoms. The zero-order valence-corrected chi connectivity index (χ0v) is 14.4. The van der Waals surface area contributed by atoms with Crippen LogP contribution in [0.15, 0.2) is 0 Å². The number of likely N-dealkylation sites (tertiary alicyclic amines) is 1. The summed E-state index contributed by atoms with van der Waals surface area (Å²) >= 11 is 0. The highest BCUT2D eigenvalue weighted by Crippen LogP contribution is 2.28. The minimum atomic E-state index is -0.648. The summed E-state index contributed by atoms with van der Waals surface area (Å²) < 4.78 is 0. The average Bonchev–Trinajstić information content (AvgIpc) is 2.57. The molecule has 2 fully saturated rings. The fourth-order valence-electron chi connectivity index (χ4n) is 4.13. The number of aliphatic carboxylic acids is 1. The highest BCUT2D eigenvalue weighted by molar-refractivity contribution is 5.74. The average molecular weight is 310 g/mol. The second kappa shape index (κ2) is 8.30. The van der Waals surface area contributed by atoms with Crippen molar-refractivity contribution in [3.63, 3.8) is 0 Å². The van der Waals surface area contributed by atoms with E-state index in [1.54, 1.807) is 0 Å². The van der Waals surface area contributed by atoms with Crippen LogP contribution in [-0.2, 0) is 4.79 Å². The van der Waals surface area contributed by atoms with Crippen LogP contribution in [0.2, 0.25) is 0 Å². The van der Waals surface area contributed by atoms with E-state index in [-0.39, 0.29) is 0 Å². The van der Waals surface area contributed by atoms with Gasteiger partial charge >= 0.3 is 5.97 Å². The van der Waals surface area contributed by atoms with Crippen LogP contribution in [-0.4, -0.2) is 47.7 Å². The maximum atomic E-state index is 11.6. The van der Waals surface area contributed by atoms with Crippen LogP contribution in [0.25, 0.3) is 0 Å². The largest absolute Gasteiger partial charge is 0.481 e. The second-order valence-electron chi connectivity index (χ2n) is 7.28. The van der Waals surface area contributed by atoms with Crippen molar-refractivity contribution in [1.29, 1.82) is 0 Å². The lowest BCUT2D eigenvalue weighted by molar-refractivity contribution is -0.149. The minimum absolute atomic E-state index is 0.497. The summed E-state index contributed by atoms with van der Waals surface area (Å²) in [5.74, 6) is -0.648. The summed E-state index contributed by atoms with van der Waals surface area (Å²) in [4.78, 5) is 14.2. The molecule has 0 atom stereocenters. The first-order chi connectivity index (χ1) is 10.6. The fourth-order valence-corrected chi connectivity index (χ4v) is 4.13. The minimum Gasteiger partial charge on any atom is -0.481 e. The van der Waals surface area contributed by atoms with E-state index in [0.717, 1.165) is 6.04 Å². The van der Waals surface area contributed by atoms with Crippen molar-refractivity contribution in [3.05, 3.63) is 0 Å². The third kappa shape index (κ3) is 4.23. The molecule has 0 aromatic rings. The van der Waals surface area contributed by atoms with Crippen molar-refractivity contribution in [1.82, 2.24) is 10.2 Å². The molecule has 22 heavy (non-hydrogen) atoms. The smallest absolute Gasteiger partial charge is 0.310 e. The van der Waals surface area contributed by atoms with E-state index in [0.29, 0.717) is 25.4 Å². The summed E-state index contributed by atoms with van der Waals surface area (Å²) in [5.41, 5.74) is -0.583. The molecule has 1 saturated carbocycles. The Kier molecular flexibility index (Phi) is 6.69. The van der Waals surface area contributed by atoms with E-state index in [9.17, 15) is 9.90 Å². The molecule has 1 heterocycles. The molecule has 1 aliphatic heterocycles. The maximum absolute atomic E-state index is 11.6. The lowest BCUT2D eigenvalue weighted by Crippen LogP contribution is -2.50. The number of carboxylic acids is 1. The van der Waals surface area contributed by atoms with Crippen LogP contribution < -0.4 is 5.32 Å². The Bertz CT molecular complexity index is 341. The topological polar surface area (TPSA) is 52.6 Å². The molecule has 2 rings (SSSR count). The highest BCUT2D eigenvalue weighted by atomic mass is 16.4. The van der Waals surface area contributed by atoms with Gasteiger partial charge in [-0.2, -0.15) is 0 Å². The predicted octanol–water partition coefficient (Wildman–Crippen LogP) is 3.26. The van der Waals surface area contributed by atoms with Crippen LogP contribution in [0.5, 0.6) is 0 Å². The van der Waals surface area contributed by atoms with E-state index in [1.807, 2.05) is 13.8 Å². The first-order valence-electron chi connectivity index (χ1n) is 9.32. The molecule has 4 heteroatoms. The van der Waals surface area contributed by atoms with Crippen LogP contribution in [0.4, 0.5) is 0 Å². The Morgan fingerprint density at radius 2 is 1.68 bits per heavy atom. The van der Waals surface area contributed by atoms with E-state index in [1.165, 1.54) is 58.0 Å². The molecular weight excluding hydrogens is 276 g/mol. The van der Waals surface area contributed by atoms with Crippen molar-refractivity contribution in [2.24, 2.45) is 5.41 Å². The van der Waals surface area contributed by atoms with Crippen LogP contribution in [0.3, 0.4) is 0 Å². The van der Waals surface area contributed by atoms with E-state index in [2.05, 4.69) is 10.2 Å². The zero-order valence-electron chi connectivity index (χ0n) is 14.4. The Morgan fingerprint density at radius 1 is 1.09 bits per heavy atom. The summed E-state index contributed by atoms with van der Waals surface area (Å²) in [5, 5.41) is 13.1. The molecule has 128 valence electrons. The molecule has 0 aromatic carbocycles. The molecule has 0 unspecified atom stereocenters. The number of nitrogens with one attached hydrogen (secondary N) is 1. The molecule has 1 aliphatic carbocycles. The molecule has 0 radical (unpaired) electrons. The lowest BCUT2D eigenvalue weighted by Gasteiger charge is -2.40. The van der Waals surface area contributed by atoms with Crippen molar-refractivity contribution in [2.45, 2.75) is 83.7 Å². The first-order valence-corrected chi connectivity index (χ1v) is 9.32. The van der Waals surface area contributed by atoms with E-state index in [4.69, 9.17) is 0 Å². The van der Waals surface area contributed by atoms with Gasteiger partial charge in [-0.05, 0) is 51.6 Å². The second-order valence-corrected chi connectivity index (χ2v) is 7.28. The van der Waals surface area contributed by atoms with Gasteiger partial charge in [0.05, 0.1) is 5.41 Å². The number of carbonyl (C=O) groups is 1. The number of nitrogens with zero attached hydrogens (tertiary/aromatic N) is 1. The summed E-state index contributed by atoms with van der Waals surface area (Å²) in [6.07, 6.45) is 10.7. The standard InChI is InChI=1S/C18H34N2O2/c1-3-18(4-2,17(21)22)14-19-15-10-12-20(13-11-15)16-8-6-5-7-9-16/h15-16,19H,3-14H2,1-2H3,(H,21,22). The lowest BCUT2D eigenvalue weighted by atomic mass is 9.82. The molecule has 0 aromatic heterocycles. The molecule has 2 N–H and O–H groups in total. The van der Waals surface area contributed by atoms with E-state index < -0.39 is 11.4 Å². The predicted molar refractivity (Wildman–Crippen MR) is 90.1 cm³/mol. The Balaban J connectivity index is 1.76. The maximum Gasteiger partial charge on any atom is 0.310 e. The van der Waals surface area contributed by atoms with Gasteiger partial charge in [-0.1, -0.05) is 33.1 Å². The Labute approximate surface area is 135 Å². The number of piperidine rings is 1. The molecule has 0 bridgehead atoms. The monoisotopic (exact) mass is 310 g/mol. The Hall–Kier alpha value is -0.610. The SMILES string of the molecule is CCC(CC)(CNC1CCN(C2CCCCC2)CC1)C(=O)O. The van der Waals surface area contributed by atoms with Crippen molar-refractivity contribution >= 4 is 5.97 Å².